The van der Waals surface area contributed by atoms with Crippen LogP contribution in [-0.2, 0) is 35.6 Å². The summed E-state index contributed by atoms with van der Waals surface area (Å²) in [6, 6.07) is 10.2. The molecule has 1 aromatic carbocycles. The summed E-state index contributed by atoms with van der Waals surface area (Å²) in [6.45, 7) is 4.56. The molecule has 162 valence electrons. The van der Waals surface area contributed by atoms with Crippen LogP contribution in [-0.4, -0.2) is 64.8 Å². The highest BCUT2D eigenvalue weighted by Gasteiger charge is 2.22. The summed E-state index contributed by atoms with van der Waals surface area (Å²) >= 11 is 0. The third-order valence-corrected chi connectivity index (χ3v) is 5.10. The van der Waals surface area contributed by atoms with E-state index in [-0.39, 0.29) is 18.5 Å². The lowest BCUT2D eigenvalue weighted by Crippen LogP contribution is -2.49. The third-order valence-electron chi connectivity index (χ3n) is 5.10. The van der Waals surface area contributed by atoms with Gasteiger partial charge in [-0.05, 0) is 18.9 Å². The van der Waals surface area contributed by atoms with Crippen LogP contribution >= 0.6 is 0 Å². The molecule has 1 aromatic heterocycles. The van der Waals surface area contributed by atoms with E-state index >= 15 is 0 Å². The van der Waals surface area contributed by atoms with Crippen molar-refractivity contribution in [1.82, 2.24) is 30.3 Å². The largest absolute Gasteiger partial charge is 0.377 e. The monoisotopic (exact) mass is 413 g/mol. The summed E-state index contributed by atoms with van der Waals surface area (Å²) in [4.78, 5) is 23.3. The van der Waals surface area contributed by atoms with Crippen molar-refractivity contribution >= 4 is 11.9 Å². The molecule has 9 nitrogen and oxygen atoms in total. The molecule has 3 rings (SSSR count). The number of rotatable bonds is 8. The fraction of sp³-hybridized carbons (Fsp3) is 0.524. The maximum Gasteiger partial charge on any atom is 0.242 e. The molecule has 0 spiro atoms. The van der Waals surface area contributed by atoms with Crippen LogP contribution in [0.5, 0.6) is 0 Å². The van der Waals surface area contributed by atoms with E-state index in [2.05, 4.69) is 25.7 Å². The Kier molecular flexibility index (Phi) is 7.78. The van der Waals surface area contributed by atoms with E-state index in [0.29, 0.717) is 38.0 Å². The molecular weight excluding hydrogens is 382 g/mol. The van der Waals surface area contributed by atoms with Gasteiger partial charge in [0.2, 0.25) is 5.91 Å². The summed E-state index contributed by atoms with van der Waals surface area (Å²) in [7, 11) is 3.35. The lowest BCUT2D eigenvalue weighted by Gasteiger charge is -2.26. The second-order valence-corrected chi connectivity index (χ2v) is 7.26. The Morgan fingerprint density at radius 2 is 2.17 bits per heavy atom. The minimum Gasteiger partial charge on any atom is -0.377 e. The summed E-state index contributed by atoms with van der Waals surface area (Å²) in [6.07, 6.45) is 1.76. The van der Waals surface area contributed by atoms with E-state index in [1.54, 1.807) is 14.2 Å². The molecule has 0 saturated heterocycles. The van der Waals surface area contributed by atoms with Gasteiger partial charge in [0.25, 0.3) is 0 Å². The van der Waals surface area contributed by atoms with Crippen molar-refractivity contribution in [3.8, 4) is 0 Å². The highest BCUT2D eigenvalue weighted by atomic mass is 16.5. The van der Waals surface area contributed by atoms with Gasteiger partial charge in [-0.2, -0.15) is 5.10 Å². The summed E-state index contributed by atoms with van der Waals surface area (Å²) < 4.78 is 7.04. The maximum absolute atomic E-state index is 12.7. The summed E-state index contributed by atoms with van der Waals surface area (Å²) in [5, 5.41) is 11.0. The first-order valence-corrected chi connectivity index (χ1v) is 10.3. The number of aromatic nitrogens is 3. The highest BCUT2D eigenvalue weighted by molar-refractivity contribution is 5.86. The van der Waals surface area contributed by atoms with Crippen LogP contribution in [0.4, 0.5) is 0 Å². The van der Waals surface area contributed by atoms with Crippen molar-refractivity contribution in [3.05, 3.63) is 47.5 Å². The summed E-state index contributed by atoms with van der Waals surface area (Å²) in [5.41, 5.74) is 1.12. The normalized spacial score (nSPS) is 16.1. The number of hydrogen-bond acceptors (Lipinski definition) is 5. The van der Waals surface area contributed by atoms with Crippen LogP contribution in [0.1, 0.15) is 30.6 Å². The maximum atomic E-state index is 12.7. The van der Waals surface area contributed by atoms with Gasteiger partial charge < -0.3 is 20.3 Å². The number of carbonyl (C=O) groups is 1. The lowest BCUT2D eigenvalue weighted by atomic mass is 10.1. The zero-order valence-corrected chi connectivity index (χ0v) is 18.0. The van der Waals surface area contributed by atoms with Crippen LogP contribution < -0.4 is 10.6 Å². The van der Waals surface area contributed by atoms with Crippen molar-refractivity contribution in [2.45, 2.75) is 45.5 Å². The first-order valence-electron chi connectivity index (χ1n) is 10.3. The fourth-order valence-corrected chi connectivity index (χ4v) is 3.51. The molecule has 0 fully saturated rings. The SMILES string of the molecule is CCN(Cc1ccccc1)C(=O)CNC(=NC)NC1CCc2nc(COC)nn2C1. The third kappa shape index (κ3) is 5.79. The number of guanidine groups is 1. The van der Waals surface area contributed by atoms with Gasteiger partial charge in [-0.1, -0.05) is 30.3 Å². The minimum atomic E-state index is 0.0377. The number of carbonyl (C=O) groups excluding carboxylic acids is 1. The quantitative estimate of drug-likeness (QED) is 0.494. The van der Waals surface area contributed by atoms with Crippen LogP contribution in [0, 0.1) is 0 Å². The van der Waals surface area contributed by atoms with Crippen LogP contribution in [0.15, 0.2) is 35.3 Å². The van der Waals surface area contributed by atoms with Crippen LogP contribution in [0.2, 0.25) is 0 Å². The molecule has 2 aromatic rings. The van der Waals surface area contributed by atoms with Gasteiger partial charge in [0.1, 0.15) is 12.4 Å². The first-order chi connectivity index (χ1) is 14.6. The molecular formula is C21H31N7O2. The van der Waals surface area contributed by atoms with E-state index < -0.39 is 0 Å². The molecule has 1 aliphatic heterocycles. The molecule has 2 heterocycles. The molecule has 1 amide bonds. The predicted octanol–water partition coefficient (Wildman–Crippen LogP) is 0.953. The Bertz CT molecular complexity index is 850. The van der Waals surface area contributed by atoms with Gasteiger partial charge in [-0.3, -0.25) is 9.79 Å². The number of ether oxygens (including phenoxy) is 1. The van der Waals surface area contributed by atoms with E-state index in [9.17, 15) is 4.79 Å². The number of aryl methyl sites for hydroxylation is 1. The molecule has 1 aliphatic rings. The zero-order valence-electron chi connectivity index (χ0n) is 18.0. The number of aliphatic imine (C=N–C) groups is 1. The average molecular weight is 414 g/mol. The second-order valence-electron chi connectivity index (χ2n) is 7.26. The van der Waals surface area contributed by atoms with Gasteiger partial charge in [0.05, 0.1) is 13.1 Å². The number of nitrogens with one attached hydrogen (secondary N) is 2. The predicted molar refractivity (Wildman–Crippen MR) is 115 cm³/mol. The Morgan fingerprint density at radius 1 is 1.37 bits per heavy atom. The molecule has 9 heteroatoms. The Morgan fingerprint density at radius 3 is 2.87 bits per heavy atom. The molecule has 0 saturated carbocycles. The molecule has 2 N–H and O–H groups in total. The molecule has 0 bridgehead atoms. The second kappa shape index (κ2) is 10.7. The zero-order chi connectivity index (χ0) is 21.3. The fourth-order valence-electron chi connectivity index (χ4n) is 3.51. The minimum absolute atomic E-state index is 0.0377. The van der Waals surface area contributed by atoms with Crippen molar-refractivity contribution in [2.75, 3.05) is 27.2 Å². The summed E-state index contributed by atoms with van der Waals surface area (Å²) in [5.74, 6) is 2.34. The van der Waals surface area contributed by atoms with Crippen molar-refractivity contribution in [2.24, 2.45) is 4.99 Å². The highest BCUT2D eigenvalue weighted by Crippen LogP contribution is 2.13. The number of hydrogen-bond donors (Lipinski definition) is 2. The van der Waals surface area contributed by atoms with Gasteiger partial charge in [-0.15, -0.1) is 0 Å². The Balaban J connectivity index is 1.50. The van der Waals surface area contributed by atoms with Crippen LogP contribution in [0.3, 0.4) is 0 Å². The standard InChI is InChI=1S/C21H31N7O2/c1-4-27(13-16-8-6-5-7-9-16)20(29)12-23-21(22-2)24-17-10-11-19-25-18(15-30-3)26-28(19)14-17/h5-9,17H,4,10-15H2,1-3H3,(H2,22,23,24). The number of fused-ring (bicyclic) bond motifs is 1. The molecule has 0 radical (unpaired) electrons. The number of methoxy groups -OCH3 is 1. The van der Waals surface area contributed by atoms with E-state index in [1.807, 2.05) is 46.8 Å². The first kappa shape index (κ1) is 21.8. The lowest BCUT2D eigenvalue weighted by molar-refractivity contribution is -0.130. The molecule has 1 unspecified atom stereocenters. The van der Waals surface area contributed by atoms with E-state index in [1.165, 1.54) is 0 Å². The van der Waals surface area contributed by atoms with Crippen molar-refractivity contribution in [3.63, 3.8) is 0 Å². The Labute approximate surface area is 177 Å². The molecule has 1 atom stereocenters. The van der Waals surface area contributed by atoms with Gasteiger partial charge in [-0.25, -0.2) is 9.67 Å². The van der Waals surface area contributed by atoms with E-state index in [0.717, 1.165) is 24.2 Å². The van der Waals surface area contributed by atoms with Crippen LogP contribution in [0.25, 0.3) is 0 Å². The van der Waals surface area contributed by atoms with E-state index in [4.69, 9.17) is 4.74 Å². The molecule has 0 aliphatic carbocycles. The number of benzene rings is 1. The topological polar surface area (TPSA) is 96.7 Å². The molecule has 30 heavy (non-hydrogen) atoms. The van der Waals surface area contributed by atoms with Gasteiger partial charge >= 0.3 is 0 Å². The van der Waals surface area contributed by atoms with Gasteiger partial charge in [0, 0.05) is 39.7 Å². The number of nitrogens with zero attached hydrogens (tertiary/aromatic N) is 5. The number of amides is 1. The Hall–Kier alpha value is -2.94. The average Bonchev–Trinajstić information content (AvgIpc) is 3.17. The number of likely N-dealkylation sites (N-methyl/N-ethyl adjacent to an activating group) is 1. The van der Waals surface area contributed by atoms with Crippen molar-refractivity contribution < 1.29 is 9.53 Å². The van der Waals surface area contributed by atoms with Gasteiger partial charge in [0.15, 0.2) is 11.8 Å². The van der Waals surface area contributed by atoms with Crippen molar-refractivity contribution in [1.29, 1.82) is 0 Å². The smallest absolute Gasteiger partial charge is 0.242 e.